The van der Waals surface area contributed by atoms with E-state index in [4.69, 9.17) is 4.74 Å². The molecule has 0 unspecified atom stereocenters. The van der Waals surface area contributed by atoms with E-state index >= 15 is 0 Å². The Kier molecular flexibility index (Phi) is 6.00. The molecule has 0 aliphatic rings. The van der Waals surface area contributed by atoms with E-state index in [-0.39, 0.29) is 12.0 Å². The number of nitrogens with one attached hydrogen (secondary N) is 1. The predicted molar refractivity (Wildman–Crippen MR) is 118 cm³/mol. The van der Waals surface area contributed by atoms with E-state index in [0.717, 1.165) is 19.2 Å². The second-order valence-corrected chi connectivity index (χ2v) is 7.47. The molecule has 0 aliphatic heterocycles. The van der Waals surface area contributed by atoms with Gasteiger partial charge in [0.05, 0.1) is 29.3 Å². The highest BCUT2D eigenvalue weighted by molar-refractivity contribution is 6.16. The normalized spacial score (nSPS) is 12.5. The molecule has 0 saturated heterocycles. The Hall–Kier alpha value is -3.94. The van der Waals surface area contributed by atoms with Crippen LogP contribution in [-0.4, -0.2) is 30.0 Å². The lowest BCUT2D eigenvalue weighted by Gasteiger charge is -2.19. The number of rotatable bonds is 5. The number of carbonyl (C=O) groups excluding carboxylic acids is 2. The predicted octanol–water partition coefficient (Wildman–Crippen LogP) is 4.92. The van der Waals surface area contributed by atoms with Crippen molar-refractivity contribution in [3.63, 3.8) is 0 Å². The molecule has 0 radical (unpaired) electrons. The standard InChI is InChI=1S/C25H19F3N2O3/c1-33-24(32)21(14-15-7-6-8-16(13-15)25(26,27)28)30-23(31)22-17-9-2-4-11-19(17)29-20-12-5-3-10-18(20)22/h2-13,21H,14H2,1H3,(H,30,31)/t21-/m0/s1. The fourth-order valence-corrected chi connectivity index (χ4v) is 3.76. The summed E-state index contributed by atoms with van der Waals surface area (Å²) in [6, 6.07) is 17.7. The van der Waals surface area contributed by atoms with Gasteiger partial charge < -0.3 is 10.1 Å². The zero-order valence-electron chi connectivity index (χ0n) is 17.5. The van der Waals surface area contributed by atoms with E-state index in [1.165, 1.54) is 12.1 Å². The molecule has 3 aromatic carbocycles. The van der Waals surface area contributed by atoms with Gasteiger partial charge in [-0.05, 0) is 23.8 Å². The maximum absolute atomic E-state index is 13.4. The minimum atomic E-state index is -4.52. The minimum absolute atomic E-state index is 0.163. The number of nitrogens with zero attached hydrogens (tertiary/aromatic N) is 1. The Morgan fingerprint density at radius 2 is 1.55 bits per heavy atom. The number of methoxy groups -OCH3 is 1. The second kappa shape index (κ2) is 8.90. The lowest BCUT2D eigenvalue weighted by Crippen LogP contribution is -2.43. The van der Waals surface area contributed by atoms with Crippen LogP contribution in [0.15, 0.2) is 72.8 Å². The smallest absolute Gasteiger partial charge is 0.416 e. The van der Waals surface area contributed by atoms with Crippen molar-refractivity contribution in [2.75, 3.05) is 7.11 Å². The van der Waals surface area contributed by atoms with E-state index < -0.39 is 29.7 Å². The van der Waals surface area contributed by atoms with Gasteiger partial charge in [0.1, 0.15) is 6.04 Å². The second-order valence-electron chi connectivity index (χ2n) is 7.47. The summed E-state index contributed by atoms with van der Waals surface area (Å²) in [4.78, 5) is 30.4. The minimum Gasteiger partial charge on any atom is -0.467 e. The van der Waals surface area contributed by atoms with Crippen LogP contribution < -0.4 is 5.32 Å². The summed E-state index contributed by atoms with van der Waals surface area (Å²) in [5.41, 5.74) is 0.947. The van der Waals surface area contributed by atoms with Crippen LogP contribution in [0.3, 0.4) is 0 Å². The van der Waals surface area contributed by atoms with Gasteiger partial charge in [-0.15, -0.1) is 0 Å². The number of ether oxygens (including phenoxy) is 1. The van der Waals surface area contributed by atoms with Crippen molar-refractivity contribution >= 4 is 33.7 Å². The van der Waals surface area contributed by atoms with Gasteiger partial charge in [-0.1, -0.05) is 54.6 Å². The molecule has 0 bridgehead atoms. The number of halogens is 3. The SMILES string of the molecule is COC(=O)[C@H](Cc1cccc(C(F)(F)F)c1)NC(=O)c1c2ccccc2nc2ccccc12. The molecule has 1 heterocycles. The number of para-hydroxylation sites is 2. The summed E-state index contributed by atoms with van der Waals surface area (Å²) < 4.78 is 44.1. The summed E-state index contributed by atoms with van der Waals surface area (Å²) in [7, 11) is 1.16. The van der Waals surface area contributed by atoms with Crippen LogP contribution in [0.2, 0.25) is 0 Å². The third kappa shape index (κ3) is 4.64. The number of pyridine rings is 1. The Labute approximate surface area is 187 Å². The average molecular weight is 452 g/mol. The van der Waals surface area contributed by atoms with Crippen LogP contribution in [0.5, 0.6) is 0 Å². The molecule has 4 rings (SSSR count). The molecule has 0 aliphatic carbocycles. The van der Waals surface area contributed by atoms with E-state index in [1.807, 2.05) is 0 Å². The molecule has 33 heavy (non-hydrogen) atoms. The first-order chi connectivity index (χ1) is 15.8. The number of benzene rings is 3. The molecule has 0 saturated carbocycles. The number of fused-ring (bicyclic) bond motifs is 2. The van der Waals surface area contributed by atoms with E-state index in [9.17, 15) is 22.8 Å². The average Bonchev–Trinajstić information content (AvgIpc) is 2.81. The monoisotopic (exact) mass is 452 g/mol. The molecule has 0 spiro atoms. The Morgan fingerprint density at radius 1 is 0.939 bits per heavy atom. The van der Waals surface area contributed by atoms with Gasteiger partial charge in [-0.25, -0.2) is 9.78 Å². The molecular formula is C25H19F3N2O3. The third-order valence-corrected chi connectivity index (χ3v) is 5.30. The van der Waals surface area contributed by atoms with Gasteiger partial charge in [-0.2, -0.15) is 13.2 Å². The van der Waals surface area contributed by atoms with Crippen LogP contribution >= 0.6 is 0 Å². The molecule has 1 aromatic heterocycles. The van der Waals surface area contributed by atoms with Crippen LogP contribution in [0.1, 0.15) is 21.5 Å². The highest BCUT2D eigenvalue weighted by atomic mass is 19.4. The number of hydrogen-bond acceptors (Lipinski definition) is 4. The van der Waals surface area contributed by atoms with E-state index in [1.54, 1.807) is 48.5 Å². The summed E-state index contributed by atoms with van der Waals surface area (Å²) in [5, 5.41) is 3.84. The van der Waals surface area contributed by atoms with E-state index in [2.05, 4.69) is 10.3 Å². The van der Waals surface area contributed by atoms with Gasteiger partial charge in [0.15, 0.2) is 0 Å². The first-order valence-corrected chi connectivity index (χ1v) is 10.1. The molecule has 1 N–H and O–H groups in total. The van der Waals surface area contributed by atoms with Crippen molar-refractivity contribution in [1.82, 2.24) is 10.3 Å². The Balaban J connectivity index is 1.72. The van der Waals surface area contributed by atoms with Crippen LogP contribution in [0, 0.1) is 0 Å². The fraction of sp³-hybridized carbons (Fsp3) is 0.160. The molecule has 168 valence electrons. The van der Waals surface area contributed by atoms with Crippen LogP contribution in [0.4, 0.5) is 13.2 Å². The molecule has 1 amide bonds. The number of esters is 1. The van der Waals surface area contributed by atoms with Crippen molar-refractivity contribution in [2.45, 2.75) is 18.6 Å². The quantitative estimate of drug-likeness (QED) is 0.345. The number of carbonyl (C=O) groups is 2. The maximum Gasteiger partial charge on any atom is 0.416 e. The van der Waals surface area contributed by atoms with Crippen molar-refractivity contribution in [1.29, 1.82) is 0 Å². The van der Waals surface area contributed by atoms with Crippen LogP contribution in [-0.2, 0) is 22.1 Å². The first kappa shape index (κ1) is 22.3. The van der Waals surface area contributed by atoms with Crippen molar-refractivity contribution in [3.8, 4) is 0 Å². The van der Waals surface area contributed by atoms with Gasteiger partial charge in [0.25, 0.3) is 5.91 Å². The Bertz CT molecular complexity index is 1300. The van der Waals surface area contributed by atoms with Gasteiger partial charge in [-0.3, -0.25) is 4.79 Å². The molecule has 0 fully saturated rings. The molecule has 1 atom stereocenters. The molecule has 5 nitrogen and oxygen atoms in total. The number of hydrogen-bond donors (Lipinski definition) is 1. The lowest BCUT2D eigenvalue weighted by atomic mass is 10.00. The summed E-state index contributed by atoms with van der Waals surface area (Å²) in [5.74, 6) is -1.31. The summed E-state index contributed by atoms with van der Waals surface area (Å²) in [6.45, 7) is 0. The first-order valence-electron chi connectivity index (χ1n) is 10.1. The number of amides is 1. The molecular weight excluding hydrogens is 433 g/mol. The largest absolute Gasteiger partial charge is 0.467 e. The summed E-state index contributed by atoms with van der Waals surface area (Å²) >= 11 is 0. The van der Waals surface area contributed by atoms with Gasteiger partial charge in [0, 0.05) is 17.2 Å². The fourth-order valence-electron chi connectivity index (χ4n) is 3.76. The highest BCUT2D eigenvalue weighted by Crippen LogP contribution is 2.30. The highest BCUT2D eigenvalue weighted by Gasteiger charge is 2.31. The van der Waals surface area contributed by atoms with Crippen molar-refractivity contribution < 1.29 is 27.5 Å². The zero-order valence-corrected chi connectivity index (χ0v) is 17.5. The van der Waals surface area contributed by atoms with Crippen LogP contribution in [0.25, 0.3) is 21.8 Å². The lowest BCUT2D eigenvalue weighted by molar-refractivity contribution is -0.142. The Morgan fingerprint density at radius 3 is 2.12 bits per heavy atom. The molecule has 8 heteroatoms. The molecule has 4 aromatic rings. The number of aromatic nitrogens is 1. The van der Waals surface area contributed by atoms with Crippen molar-refractivity contribution in [3.05, 3.63) is 89.5 Å². The van der Waals surface area contributed by atoms with E-state index in [0.29, 0.717) is 27.4 Å². The number of alkyl halides is 3. The van der Waals surface area contributed by atoms with Crippen molar-refractivity contribution in [2.24, 2.45) is 0 Å². The van der Waals surface area contributed by atoms with Gasteiger partial charge >= 0.3 is 12.1 Å². The maximum atomic E-state index is 13.4. The topological polar surface area (TPSA) is 68.3 Å². The third-order valence-electron chi connectivity index (χ3n) is 5.30. The summed E-state index contributed by atoms with van der Waals surface area (Å²) in [6.07, 6.45) is -4.68. The zero-order chi connectivity index (χ0) is 23.6. The van der Waals surface area contributed by atoms with Gasteiger partial charge in [0.2, 0.25) is 0 Å².